The molecule has 142 valence electrons. The van der Waals surface area contributed by atoms with Crippen LogP contribution in [0.25, 0.3) is 0 Å². The molecule has 1 fully saturated rings. The van der Waals surface area contributed by atoms with Gasteiger partial charge >= 0.3 is 5.69 Å². The number of para-hydroxylation sites is 2. The van der Waals surface area contributed by atoms with Gasteiger partial charge in [0.15, 0.2) is 12.4 Å². The number of rotatable bonds is 7. The van der Waals surface area contributed by atoms with Crippen LogP contribution in [-0.4, -0.2) is 35.5 Å². The van der Waals surface area contributed by atoms with Crippen LogP contribution in [0.15, 0.2) is 48.5 Å². The summed E-state index contributed by atoms with van der Waals surface area (Å²) in [4.78, 5) is 25.0. The van der Waals surface area contributed by atoms with Crippen LogP contribution in [0.4, 0.5) is 5.69 Å². The fourth-order valence-corrected chi connectivity index (χ4v) is 3.32. The van der Waals surface area contributed by atoms with E-state index in [4.69, 9.17) is 9.47 Å². The van der Waals surface area contributed by atoms with Gasteiger partial charge in [0, 0.05) is 12.6 Å². The van der Waals surface area contributed by atoms with Crippen molar-refractivity contribution in [3.8, 4) is 11.5 Å². The van der Waals surface area contributed by atoms with E-state index in [1.54, 1.807) is 17.0 Å². The average Bonchev–Trinajstić information content (AvgIpc) is 3.17. The Morgan fingerprint density at radius 2 is 1.93 bits per heavy atom. The zero-order valence-corrected chi connectivity index (χ0v) is 15.2. The molecular weight excluding hydrogens is 348 g/mol. The SMILES string of the molecule is CCOc1ccc([C@@H]2CCCN2C(=O)COc2ccccc2[N+](=O)[O-])cc1. The number of carbonyl (C=O) groups excluding carboxylic acids is 1. The molecule has 0 aromatic heterocycles. The molecule has 7 nitrogen and oxygen atoms in total. The monoisotopic (exact) mass is 370 g/mol. The van der Waals surface area contributed by atoms with E-state index in [9.17, 15) is 14.9 Å². The van der Waals surface area contributed by atoms with E-state index < -0.39 is 4.92 Å². The highest BCUT2D eigenvalue weighted by atomic mass is 16.6. The predicted molar refractivity (Wildman–Crippen MR) is 99.9 cm³/mol. The minimum atomic E-state index is -0.515. The molecule has 2 aromatic rings. The number of nitro benzene ring substituents is 1. The molecule has 3 rings (SSSR count). The highest BCUT2D eigenvalue weighted by Crippen LogP contribution is 2.33. The van der Waals surface area contributed by atoms with Gasteiger partial charge in [-0.3, -0.25) is 14.9 Å². The van der Waals surface area contributed by atoms with Crippen LogP contribution in [0.5, 0.6) is 11.5 Å². The molecule has 0 unspecified atom stereocenters. The molecule has 0 N–H and O–H groups in total. The minimum Gasteiger partial charge on any atom is -0.494 e. The van der Waals surface area contributed by atoms with Gasteiger partial charge in [-0.25, -0.2) is 0 Å². The van der Waals surface area contributed by atoms with E-state index in [0.29, 0.717) is 13.2 Å². The quantitative estimate of drug-likeness (QED) is 0.548. The summed E-state index contributed by atoms with van der Waals surface area (Å²) in [6.45, 7) is 2.97. The molecule has 0 aliphatic carbocycles. The zero-order chi connectivity index (χ0) is 19.2. The number of amides is 1. The molecule has 27 heavy (non-hydrogen) atoms. The summed E-state index contributed by atoms with van der Waals surface area (Å²) >= 11 is 0. The molecule has 1 atom stereocenters. The fourth-order valence-electron chi connectivity index (χ4n) is 3.32. The third-order valence-corrected chi connectivity index (χ3v) is 4.56. The molecule has 0 radical (unpaired) electrons. The minimum absolute atomic E-state index is 0.0115. The molecule has 1 heterocycles. The maximum atomic E-state index is 12.7. The van der Waals surface area contributed by atoms with Crippen molar-refractivity contribution in [2.45, 2.75) is 25.8 Å². The van der Waals surface area contributed by atoms with Gasteiger partial charge in [0.2, 0.25) is 0 Å². The first-order valence-electron chi connectivity index (χ1n) is 8.98. The van der Waals surface area contributed by atoms with Gasteiger partial charge < -0.3 is 14.4 Å². The third-order valence-electron chi connectivity index (χ3n) is 4.56. The number of hydrogen-bond donors (Lipinski definition) is 0. The van der Waals surface area contributed by atoms with Crippen LogP contribution in [0.3, 0.4) is 0 Å². The number of likely N-dealkylation sites (tertiary alicyclic amines) is 1. The van der Waals surface area contributed by atoms with Crippen molar-refractivity contribution in [1.29, 1.82) is 0 Å². The summed E-state index contributed by atoms with van der Waals surface area (Å²) in [5.74, 6) is 0.731. The second kappa shape index (κ2) is 8.53. The Morgan fingerprint density at radius 1 is 1.19 bits per heavy atom. The van der Waals surface area contributed by atoms with E-state index >= 15 is 0 Å². The lowest BCUT2D eigenvalue weighted by molar-refractivity contribution is -0.385. The normalized spacial score (nSPS) is 16.2. The van der Waals surface area contributed by atoms with Crippen LogP contribution in [0.1, 0.15) is 31.4 Å². The van der Waals surface area contributed by atoms with Crippen molar-refractivity contribution in [3.05, 3.63) is 64.2 Å². The van der Waals surface area contributed by atoms with Gasteiger partial charge in [0.05, 0.1) is 17.6 Å². The van der Waals surface area contributed by atoms with Crippen LogP contribution < -0.4 is 9.47 Å². The zero-order valence-electron chi connectivity index (χ0n) is 15.2. The van der Waals surface area contributed by atoms with Gasteiger partial charge in [-0.2, -0.15) is 0 Å². The van der Waals surface area contributed by atoms with Crippen molar-refractivity contribution in [2.24, 2.45) is 0 Å². The number of nitrogens with zero attached hydrogens (tertiary/aromatic N) is 2. The molecule has 1 aliphatic heterocycles. The molecule has 0 spiro atoms. The smallest absolute Gasteiger partial charge is 0.310 e. The Morgan fingerprint density at radius 3 is 2.63 bits per heavy atom. The van der Waals surface area contributed by atoms with E-state index in [1.807, 2.05) is 31.2 Å². The predicted octanol–water partition coefficient (Wildman–Crippen LogP) is 3.74. The summed E-state index contributed by atoms with van der Waals surface area (Å²) in [7, 11) is 0. The van der Waals surface area contributed by atoms with Crippen molar-refractivity contribution in [2.75, 3.05) is 19.8 Å². The highest BCUT2D eigenvalue weighted by Gasteiger charge is 2.30. The third kappa shape index (κ3) is 4.36. The van der Waals surface area contributed by atoms with Crippen LogP contribution >= 0.6 is 0 Å². The number of nitro groups is 1. The summed E-state index contributed by atoms with van der Waals surface area (Å²) in [6.07, 6.45) is 1.79. The topological polar surface area (TPSA) is 81.9 Å². The van der Waals surface area contributed by atoms with Crippen molar-refractivity contribution < 1.29 is 19.2 Å². The first-order valence-corrected chi connectivity index (χ1v) is 8.98. The van der Waals surface area contributed by atoms with E-state index in [1.165, 1.54) is 12.1 Å². The summed E-state index contributed by atoms with van der Waals surface area (Å²) in [5.41, 5.74) is 0.907. The van der Waals surface area contributed by atoms with Crippen molar-refractivity contribution >= 4 is 11.6 Å². The molecule has 7 heteroatoms. The fraction of sp³-hybridized carbons (Fsp3) is 0.350. The van der Waals surface area contributed by atoms with E-state index in [0.717, 1.165) is 24.2 Å². The van der Waals surface area contributed by atoms with E-state index in [-0.39, 0.29) is 30.0 Å². The lowest BCUT2D eigenvalue weighted by atomic mass is 10.0. The Bertz CT molecular complexity index is 806. The maximum Gasteiger partial charge on any atom is 0.310 e. The number of benzene rings is 2. The Hall–Kier alpha value is -3.09. The van der Waals surface area contributed by atoms with Gasteiger partial charge in [0.25, 0.3) is 5.91 Å². The average molecular weight is 370 g/mol. The van der Waals surface area contributed by atoms with Crippen molar-refractivity contribution in [1.82, 2.24) is 4.90 Å². The molecular formula is C20H22N2O5. The second-order valence-corrected chi connectivity index (χ2v) is 6.26. The first kappa shape index (κ1) is 18.7. The highest BCUT2D eigenvalue weighted by molar-refractivity contribution is 5.78. The summed E-state index contributed by atoms with van der Waals surface area (Å²) < 4.78 is 10.9. The standard InChI is InChI=1S/C20H22N2O5/c1-2-26-16-11-9-15(10-12-16)17-7-5-13-21(17)20(23)14-27-19-8-4-3-6-18(19)22(24)25/h3-4,6,8-12,17H,2,5,7,13-14H2,1H3/t17-/m0/s1. The van der Waals surface area contributed by atoms with Crippen LogP contribution in [0.2, 0.25) is 0 Å². The Kier molecular flexibility index (Phi) is 5.90. The lowest BCUT2D eigenvalue weighted by Gasteiger charge is -2.25. The molecule has 2 aromatic carbocycles. The van der Waals surface area contributed by atoms with E-state index in [2.05, 4.69) is 0 Å². The molecule has 1 saturated heterocycles. The number of hydrogen-bond acceptors (Lipinski definition) is 5. The second-order valence-electron chi connectivity index (χ2n) is 6.26. The molecule has 0 bridgehead atoms. The van der Waals surface area contributed by atoms with Crippen LogP contribution in [-0.2, 0) is 4.79 Å². The van der Waals surface area contributed by atoms with Crippen molar-refractivity contribution in [3.63, 3.8) is 0 Å². The molecule has 1 amide bonds. The Labute approximate surface area is 157 Å². The van der Waals surface area contributed by atoms with Gasteiger partial charge in [-0.15, -0.1) is 0 Å². The molecule has 0 saturated carbocycles. The van der Waals surface area contributed by atoms with Gasteiger partial charge in [-0.1, -0.05) is 24.3 Å². The van der Waals surface area contributed by atoms with Gasteiger partial charge in [0.1, 0.15) is 5.75 Å². The summed E-state index contributed by atoms with van der Waals surface area (Å²) in [5, 5.41) is 11.1. The lowest BCUT2D eigenvalue weighted by Crippen LogP contribution is -2.34. The summed E-state index contributed by atoms with van der Waals surface area (Å²) in [6, 6.07) is 13.8. The van der Waals surface area contributed by atoms with Crippen LogP contribution in [0, 0.1) is 10.1 Å². The Balaban J connectivity index is 1.66. The number of ether oxygens (including phenoxy) is 2. The largest absolute Gasteiger partial charge is 0.494 e. The van der Waals surface area contributed by atoms with Gasteiger partial charge in [-0.05, 0) is 43.5 Å². The molecule has 1 aliphatic rings. The first-order chi connectivity index (χ1) is 13.1. The maximum absolute atomic E-state index is 12.7. The number of carbonyl (C=O) groups is 1.